The highest BCUT2D eigenvalue weighted by Gasteiger charge is 2.43. The Morgan fingerprint density at radius 3 is 2.05 bits per heavy atom. The number of nitrogens with zero attached hydrogens (tertiary/aromatic N) is 5. The number of carbonyl (C=O) groups is 4. The van der Waals surface area contributed by atoms with Crippen LogP contribution in [0.3, 0.4) is 0 Å². The Bertz CT molecular complexity index is 2740. The quantitative estimate of drug-likeness (QED) is 0.0700. The van der Waals surface area contributed by atoms with Crippen LogP contribution in [0.1, 0.15) is 62.0 Å². The molecular weight excluding hydrogens is 823 g/mol. The summed E-state index contributed by atoms with van der Waals surface area (Å²) in [6, 6.07) is 27.5. The number of hydrogen-bond donors (Lipinski definition) is 4. The summed E-state index contributed by atoms with van der Waals surface area (Å²) in [4.78, 5) is 76.5. The van der Waals surface area contributed by atoms with Gasteiger partial charge in [0, 0.05) is 37.8 Å². The molecule has 2 aromatic heterocycles. The summed E-state index contributed by atoms with van der Waals surface area (Å²) >= 11 is 0. The van der Waals surface area contributed by atoms with Crippen LogP contribution in [-0.2, 0) is 19.1 Å². The van der Waals surface area contributed by atoms with E-state index in [1.807, 2.05) is 43.0 Å². The average Bonchev–Trinajstić information content (AvgIpc) is 4.17. The van der Waals surface area contributed by atoms with Gasteiger partial charge in [0.15, 0.2) is 0 Å². The van der Waals surface area contributed by atoms with Gasteiger partial charge in [0.05, 0.1) is 44.0 Å². The largest absolute Gasteiger partial charge is 0.453 e. The van der Waals surface area contributed by atoms with Gasteiger partial charge < -0.3 is 44.9 Å². The fourth-order valence-corrected chi connectivity index (χ4v) is 8.88. The maximum absolute atomic E-state index is 14.4. The third kappa shape index (κ3) is 9.12. The molecule has 65 heavy (non-hydrogen) atoms. The van der Waals surface area contributed by atoms with Crippen LogP contribution in [0, 0.1) is 11.8 Å². The summed E-state index contributed by atoms with van der Waals surface area (Å²) in [5, 5.41) is 7.53. The number of imidazole rings is 2. The van der Waals surface area contributed by atoms with E-state index in [0.29, 0.717) is 24.5 Å². The van der Waals surface area contributed by atoms with Crippen LogP contribution >= 0.6 is 0 Å². The Labute approximate surface area is 377 Å². The first-order chi connectivity index (χ1) is 31.5. The van der Waals surface area contributed by atoms with Crippen molar-refractivity contribution in [1.82, 2.24) is 40.4 Å². The molecule has 2 fully saturated rings. The first-order valence-corrected chi connectivity index (χ1v) is 21.7. The highest BCUT2D eigenvalue weighted by Crippen LogP contribution is 2.40. The summed E-state index contributed by atoms with van der Waals surface area (Å²) in [5.74, 6) is 0.480. The van der Waals surface area contributed by atoms with Gasteiger partial charge in [-0.3, -0.25) is 9.59 Å². The Kier molecular flexibility index (Phi) is 12.9. The predicted molar refractivity (Wildman–Crippen MR) is 249 cm³/mol. The van der Waals surface area contributed by atoms with Crippen molar-refractivity contribution in [1.29, 1.82) is 0 Å². The van der Waals surface area contributed by atoms with Gasteiger partial charge in [-0.15, -0.1) is 0 Å². The zero-order valence-electron chi connectivity index (χ0n) is 37.1. The summed E-state index contributed by atoms with van der Waals surface area (Å²) < 4.78 is 9.65. The van der Waals surface area contributed by atoms with Gasteiger partial charge in [0.1, 0.15) is 29.8 Å². The number of benzene rings is 4. The Morgan fingerprint density at radius 1 is 0.769 bits per heavy atom. The number of methoxy groups -OCH3 is 2. The number of alkyl carbamates (subject to hydrolysis) is 2. The van der Waals surface area contributed by atoms with Crippen LogP contribution in [-0.4, -0.2) is 100 Å². The van der Waals surface area contributed by atoms with E-state index in [4.69, 9.17) is 19.4 Å². The predicted octanol–water partition coefficient (Wildman–Crippen LogP) is 8.18. The van der Waals surface area contributed by atoms with E-state index >= 15 is 0 Å². The second-order valence-electron chi connectivity index (χ2n) is 16.7. The van der Waals surface area contributed by atoms with Crippen LogP contribution < -0.4 is 10.6 Å². The van der Waals surface area contributed by atoms with Gasteiger partial charge in [-0.25, -0.2) is 19.6 Å². The smallest absolute Gasteiger partial charge is 0.407 e. The number of carbonyl (C=O) groups excluding carboxylic acids is 4. The lowest BCUT2D eigenvalue weighted by Gasteiger charge is -2.30. The third-order valence-electron chi connectivity index (χ3n) is 12.3. The first kappa shape index (κ1) is 44.1. The number of nitrogens with one attached hydrogen (secondary N) is 4. The van der Waals surface area contributed by atoms with E-state index in [1.54, 1.807) is 42.7 Å². The van der Waals surface area contributed by atoms with E-state index in [-0.39, 0.29) is 29.7 Å². The van der Waals surface area contributed by atoms with Crippen molar-refractivity contribution in [2.75, 3.05) is 34.4 Å². The van der Waals surface area contributed by atoms with Crippen molar-refractivity contribution in [3.8, 4) is 33.6 Å². The maximum Gasteiger partial charge on any atom is 0.407 e. The number of aromatic amines is 2. The number of fused-ring (bicyclic) bond motifs is 1. The lowest BCUT2D eigenvalue weighted by atomic mass is 9.98. The molecular formula is C50H53N9O6. The molecule has 4 aromatic carbocycles. The molecule has 0 aliphatic carbocycles. The molecule has 5 atom stereocenters. The minimum Gasteiger partial charge on any atom is -0.453 e. The number of aromatic nitrogens is 4. The van der Waals surface area contributed by atoms with Gasteiger partial charge in [-0.1, -0.05) is 99.3 Å². The number of rotatable bonds is 12. The maximum atomic E-state index is 14.4. The minimum atomic E-state index is -0.991. The van der Waals surface area contributed by atoms with Crippen molar-refractivity contribution in [2.45, 2.75) is 50.9 Å². The van der Waals surface area contributed by atoms with Crippen molar-refractivity contribution >= 4 is 41.0 Å². The zero-order chi connectivity index (χ0) is 45.8. The second kappa shape index (κ2) is 19.1. The highest BCUT2D eigenvalue weighted by atomic mass is 16.5. The van der Waals surface area contributed by atoms with Crippen molar-refractivity contribution in [3.63, 3.8) is 0 Å². The van der Waals surface area contributed by atoms with E-state index in [1.165, 1.54) is 14.2 Å². The number of ether oxygens (including phenoxy) is 2. The lowest BCUT2D eigenvalue weighted by molar-refractivity contribution is -0.135. The topological polar surface area (TPSA) is 187 Å². The Balaban J connectivity index is 0.979. The molecule has 2 aliphatic heterocycles. The summed E-state index contributed by atoms with van der Waals surface area (Å²) in [7, 11) is 4.24. The normalized spacial score (nSPS) is 18.3. The van der Waals surface area contributed by atoms with Crippen molar-refractivity contribution in [2.24, 2.45) is 16.8 Å². The van der Waals surface area contributed by atoms with E-state index in [0.717, 1.165) is 68.7 Å². The molecule has 6 aromatic rings. The number of likely N-dealkylation sites (tertiary alicyclic amines) is 2. The van der Waals surface area contributed by atoms with Crippen LogP contribution in [0.25, 0.3) is 44.4 Å². The number of hydrogen-bond acceptors (Lipinski definition) is 9. The fraction of sp³-hybridized carbons (Fsp3) is 0.300. The summed E-state index contributed by atoms with van der Waals surface area (Å²) in [6.07, 6.45) is 5.62. The molecule has 4 amide bonds. The average molecular weight is 876 g/mol. The number of amides is 4. The van der Waals surface area contributed by atoms with Gasteiger partial charge in [-0.2, -0.15) is 0 Å². The van der Waals surface area contributed by atoms with Crippen LogP contribution in [0.5, 0.6) is 0 Å². The minimum absolute atomic E-state index is 0.114. The molecule has 4 heterocycles. The SMILES string of the molecule is C=C1[C@H](C=NC)CN(C(=O)[C@H](NC(=O)OC)c2ccccc2)[C@@H]1c1ncc(-c2ccc3cc(-c4ccc(-c5cnc([C@@H]6CCCN6C(=O)[C@@H](NC(=O)OC)C(C)C)[nH]5)cc4)ccc3c2)[nH]1. The first-order valence-electron chi connectivity index (χ1n) is 21.7. The zero-order valence-corrected chi connectivity index (χ0v) is 37.1. The van der Waals surface area contributed by atoms with Crippen LogP contribution in [0.2, 0.25) is 0 Å². The van der Waals surface area contributed by atoms with Gasteiger partial charge in [-0.05, 0) is 69.5 Å². The Morgan fingerprint density at radius 2 is 1.37 bits per heavy atom. The van der Waals surface area contributed by atoms with Gasteiger partial charge in [0.25, 0.3) is 5.91 Å². The number of H-pyrrole nitrogens is 2. The third-order valence-corrected chi connectivity index (χ3v) is 12.3. The van der Waals surface area contributed by atoms with Crippen LogP contribution in [0.4, 0.5) is 9.59 Å². The molecule has 15 heteroatoms. The van der Waals surface area contributed by atoms with Gasteiger partial charge in [0.2, 0.25) is 5.91 Å². The standard InChI is InChI=1S/C50H53N9O6/c1-29(2)42(56-49(62)64-5)47(60)58-22-10-13-41(58)45-52-26-39(54-45)32-16-14-31(15-17-32)34-18-19-36-24-37(21-20-35(36)23-34)40-27-53-46(55-40)44-30(3)38(25-51-4)28-59(44)48(61)43(57-50(63)65-6)33-11-8-7-9-12-33/h7-9,11-12,14-21,23-27,29,38,41-44H,3,10,13,22,28H2,1-2,4-6H3,(H,52,54)(H,53,55)(H,56,62)(H,57,63)/t38-,41+,42+,43-,44+/m1/s1. The molecule has 2 saturated heterocycles. The highest BCUT2D eigenvalue weighted by molar-refractivity contribution is 5.91. The monoisotopic (exact) mass is 875 g/mol. The molecule has 2 aliphatic rings. The van der Waals surface area contributed by atoms with E-state index < -0.39 is 30.3 Å². The molecule has 0 radical (unpaired) electrons. The molecule has 0 saturated carbocycles. The molecule has 334 valence electrons. The van der Waals surface area contributed by atoms with E-state index in [9.17, 15) is 19.2 Å². The second-order valence-corrected chi connectivity index (χ2v) is 16.7. The fourth-order valence-electron chi connectivity index (χ4n) is 8.88. The van der Waals surface area contributed by atoms with E-state index in [2.05, 4.69) is 86.8 Å². The summed E-state index contributed by atoms with van der Waals surface area (Å²) in [5.41, 5.74) is 7.04. The summed E-state index contributed by atoms with van der Waals surface area (Å²) in [6.45, 7) is 9.08. The molecule has 0 bridgehead atoms. The molecule has 8 rings (SSSR count). The molecule has 15 nitrogen and oxygen atoms in total. The number of aliphatic imine (C=N–C) groups is 1. The van der Waals surface area contributed by atoms with Crippen LogP contribution in [0.15, 0.2) is 121 Å². The van der Waals surface area contributed by atoms with Gasteiger partial charge >= 0.3 is 12.2 Å². The molecule has 0 spiro atoms. The lowest BCUT2D eigenvalue weighted by Crippen LogP contribution is -2.51. The molecule has 0 unspecified atom stereocenters. The molecule has 4 N–H and O–H groups in total. The van der Waals surface area contributed by atoms with Crippen molar-refractivity contribution in [3.05, 3.63) is 133 Å². The van der Waals surface area contributed by atoms with Crippen molar-refractivity contribution < 1.29 is 28.7 Å². The Hall–Kier alpha value is -7.55.